The quantitative estimate of drug-likeness (QED) is 0.539. The third kappa shape index (κ3) is 3.16. The molecule has 0 spiro atoms. The van der Waals surface area contributed by atoms with Gasteiger partial charge in [0.15, 0.2) is 0 Å². The summed E-state index contributed by atoms with van der Waals surface area (Å²) in [5.41, 5.74) is 0. The minimum absolute atomic E-state index is 0.362. The molecule has 1 fully saturated rings. The van der Waals surface area contributed by atoms with E-state index in [0.717, 1.165) is 19.4 Å². The van der Waals surface area contributed by atoms with Crippen molar-refractivity contribution in [2.75, 3.05) is 13.2 Å². The predicted octanol–water partition coefficient (Wildman–Crippen LogP) is 1.56. The molecule has 0 aliphatic carbocycles. The molecule has 0 radical (unpaired) electrons. The highest BCUT2D eigenvalue weighted by Crippen LogP contribution is 2.20. The van der Waals surface area contributed by atoms with Gasteiger partial charge in [0, 0.05) is 13.2 Å². The van der Waals surface area contributed by atoms with E-state index in [1.54, 1.807) is 6.92 Å². The standard InChI is InChI=1S/C9H17NO4/c1-7(10(13)9(11)12)5-8-3-2-4-14-6-8/h7-8,13H,2-6H2,1H3,(H,11,12). The Kier molecular flexibility index (Phi) is 4.16. The Bertz CT molecular complexity index is 191. The molecule has 82 valence electrons. The first-order valence-corrected chi connectivity index (χ1v) is 4.90. The Morgan fingerprint density at radius 1 is 1.71 bits per heavy atom. The summed E-state index contributed by atoms with van der Waals surface area (Å²) in [4.78, 5) is 10.4. The van der Waals surface area contributed by atoms with Gasteiger partial charge in [-0.25, -0.2) is 4.79 Å². The lowest BCUT2D eigenvalue weighted by molar-refractivity contribution is -0.100. The maximum Gasteiger partial charge on any atom is 0.431 e. The van der Waals surface area contributed by atoms with E-state index in [9.17, 15) is 4.79 Å². The molecule has 0 bridgehead atoms. The number of rotatable bonds is 3. The second-order valence-corrected chi connectivity index (χ2v) is 3.80. The van der Waals surface area contributed by atoms with Crippen LogP contribution < -0.4 is 0 Å². The topological polar surface area (TPSA) is 70.0 Å². The van der Waals surface area contributed by atoms with Crippen LogP contribution in [0.5, 0.6) is 0 Å². The lowest BCUT2D eigenvalue weighted by Gasteiger charge is -2.27. The fourth-order valence-corrected chi connectivity index (χ4v) is 1.76. The molecule has 2 atom stereocenters. The molecule has 0 aromatic rings. The number of nitrogens with zero attached hydrogens (tertiary/aromatic N) is 1. The molecule has 5 heteroatoms. The van der Waals surface area contributed by atoms with Gasteiger partial charge < -0.3 is 9.84 Å². The van der Waals surface area contributed by atoms with Crippen LogP contribution in [0, 0.1) is 5.92 Å². The molecule has 0 aromatic heterocycles. The Morgan fingerprint density at radius 2 is 2.43 bits per heavy atom. The number of hydrogen-bond acceptors (Lipinski definition) is 3. The molecule has 5 nitrogen and oxygen atoms in total. The van der Waals surface area contributed by atoms with Crippen LogP contribution >= 0.6 is 0 Å². The number of amides is 1. The van der Waals surface area contributed by atoms with Gasteiger partial charge >= 0.3 is 6.09 Å². The Hall–Kier alpha value is -0.810. The summed E-state index contributed by atoms with van der Waals surface area (Å²) >= 11 is 0. The monoisotopic (exact) mass is 203 g/mol. The second kappa shape index (κ2) is 5.17. The van der Waals surface area contributed by atoms with Gasteiger partial charge in [-0.15, -0.1) is 0 Å². The lowest BCUT2D eigenvalue weighted by atomic mass is 9.95. The highest BCUT2D eigenvalue weighted by molar-refractivity contribution is 5.63. The summed E-state index contributed by atoms with van der Waals surface area (Å²) in [5.74, 6) is 0.368. The molecule has 1 rings (SSSR count). The van der Waals surface area contributed by atoms with E-state index < -0.39 is 6.09 Å². The summed E-state index contributed by atoms with van der Waals surface area (Å²) in [6.45, 7) is 3.17. The molecule has 1 saturated heterocycles. The zero-order valence-electron chi connectivity index (χ0n) is 8.35. The first-order chi connectivity index (χ1) is 6.61. The summed E-state index contributed by atoms with van der Waals surface area (Å²) in [5, 5.41) is 18.0. The first kappa shape index (κ1) is 11.3. The number of hydrogen-bond donors (Lipinski definition) is 2. The van der Waals surface area contributed by atoms with E-state index in [4.69, 9.17) is 15.1 Å². The highest BCUT2D eigenvalue weighted by Gasteiger charge is 2.22. The van der Waals surface area contributed by atoms with Crippen LogP contribution in [0.2, 0.25) is 0 Å². The van der Waals surface area contributed by atoms with E-state index in [1.165, 1.54) is 0 Å². The minimum atomic E-state index is -1.30. The van der Waals surface area contributed by atoms with E-state index in [-0.39, 0.29) is 6.04 Å². The molecule has 2 N–H and O–H groups in total. The maximum atomic E-state index is 10.4. The van der Waals surface area contributed by atoms with Crippen molar-refractivity contribution >= 4 is 6.09 Å². The van der Waals surface area contributed by atoms with Crippen molar-refractivity contribution < 1.29 is 19.8 Å². The van der Waals surface area contributed by atoms with Crippen LogP contribution in [0.4, 0.5) is 4.79 Å². The van der Waals surface area contributed by atoms with Gasteiger partial charge in [-0.2, -0.15) is 5.06 Å². The van der Waals surface area contributed by atoms with Crippen LogP contribution in [0.15, 0.2) is 0 Å². The molecular formula is C9H17NO4. The van der Waals surface area contributed by atoms with Crippen LogP contribution in [0.25, 0.3) is 0 Å². The molecule has 0 saturated carbocycles. The molecule has 1 amide bonds. The van der Waals surface area contributed by atoms with Crippen molar-refractivity contribution in [3.05, 3.63) is 0 Å². The second-order valence-electron chi connectivity index (χ2n) is 3.80. The van der Waals surface area contributed by atoms with Gasteiger partial charge in [-0.3, -0.25) is 5.21 Å². The molecule has 1 aliphatic heterocycles. The van der Waals surface area contributed by atoms with E-state index in [0.29, 0.717) is 24.0 Å². The van der Waals surface area contributed by atoms with Crippen molar-refractivity contribution in [2.24, 2.45) is 5.92 Å². The SMILES string of the molecule is CC(CC1CCCOC1)N(O)C(=O)O. The zero-order valence-corrected chi connectivity index (χ0v) is 8.35. The number of carboxylic acid groups (broad SMARTS) is 1. The molecular weight excluding hydrogens is 186 g/mol. The molecule has 2 unspecified atom stereocenters. The maximum absolute atomic E-state index is 10.4. The zero-order chi connectivity index (χ0) is 10.6. The number of hydroxylamine groups is 2. The first-order valence-electron chi connectivity index (χ1n) is 4.90. The van der Waals surface area contributed by atoms with E-state index in [1.807, 2.05) is 0 Å². The summed E-state index contributed by atoms with van der Waals surface area (Å²) in [6.07, 6.45) is 1.44. The minimum Gasteiger partial charge on any atom is -0.463 e. The van der Waals surface area contributed by atoms with Crippen molar-refractivity contribution in [3.63, 3.8) is 0 Å². The summed E-state index contributed by atoms with van der Waals surface area (Å²) < 4.78 is 5.28. The van der Waals surface area contributed by atoms with Crippen molar-refractivity contribution in [3.8, 4) is 0 Å². The third-order valence-corrected chi connectivity index (χ3v) is 2.54. The Balaban J connectivity index is 2.31. The normalized spacial score (nSPS) is 24.3. The van der Waals surface area contributed by atoms with Gasteiger partial charge in [0.1, 0.15) is 0 Å². The van der Waals surface area contributed by atoms with Gasteiger partial charge in [-0.1, -0.05) is 0 Å². The fourth-order valence-electron chi connectivity index (χ4n) is 1.76. The third-order valence-electron chi connectivity index (χ3n) is 2.54. The van der Waals surface area contributed by atoms with Crippen molar-refractivity contribution in [1.82, 2.24) is 5.06 Å². The molecule has 1 heterocycles. The average Bonchev–Trinajstić information content (AvgIpc) is 2.18. The number of carbonyl (C=O) groups is 1. The Morgan fingerprint density at radius 3 is 2.93 bits per heavy atom. The number of ether oxygens (including phenoxy) is 1. The molecule has 1 aliphatic rings. The smallest absolute Gasteiger partial charge is 0.431 e. The van der Waals surface area contributed by atoms with Crippen LogP contribution in [-0.2, 0) is 4.74 Å². The van der Waals surface area contributed by atoms with Crippen LogP contribution in [0.3, 0.4) is 0 Å². The molecule has 0 aromatic carbocycles. The van der Waals surface area contributed by atoms with Crippen molar-refractivity contribution in [2.45, 2.75) is 32.2 Å². The fraction of sp³-hybridized carbons (Fsp3) is 0.889. The van der Waals surface area contributed by atoms with Crippen LogP contribution in [0.1, 0.15) is 26.2 Å². The summed E-state index contributed by atoms with van der Waals surface area (Å²) in [7, 11) is 0. The summed E-state index contributed by atoms with van der Waals surface area (Å²) in [6, 6.07) is -0.362. The molecule has 14 heavy (non-hydrogen) atoms. The van der Waals surface area contributed by atoms with Gasteiger partial charge in [0.05, 0.1) is 6.04 Å². The van der Waals surface area contributed by atoms with E-state index in [2.05, 4.69) is 0 Å². The van der Waals surface area contributed by atoms with Gasteiger partial charge in [0.25, 0.3) is 0 Å². The largest absolute Gasteiger partial charge is 0.463 e. The van der Waals surface area contributed by atoms with Gasteiger partial charge in [-0.05, 0) is 32.1 Å². The van der Waals surface area contributed by atoms with E-state index >= 15 is 0 Å². The predicted molar refractivity (Wildman–Crippen MR) is 49.3 cm³/mol. The van der Waals surface area contributed by atoms with Gasteiger partial charge in [0.2, 0.25) is 0 Å². The lowest BCUT2D eigenvalue weighted by Crippen LogP contribution is -2.37. The van der Waals surface area contributed by atoms with Crippen LogP contribution in [-0.4, -0.2) is 40.7 Å². The Labute approximate surface area is 83.2 Å². The average molecular weight is 203 g/mol. The van der Waals surface area contributed by atoms with Crippen molar-refractivity contribution in [1.29, 1.82) is 0 Å². The highest BCUT2D eigenvalue weighted by atomic mass is 16.6.